The summed E-state index contributed by atoms with van der Waals surface area (Å²) in [4.78, 5) is 23.8. The van der Waals surface area contributed by atoms with Crippen molar-refractivity contribution >= 4 is 28.5 Å². The molecule has 5 nitrogen and oxygen atoms in total. The molecule has 0 saturated heterocycles. The first-order valence-electron chi connectivity index (χ1n) is 7.49. The molecular weight excluding hydrogens is 312 g/mol. The number of nitrogens with one attached hydrogen (secondary N) is 2. The average molecular weight is 329 g/mol. The molecule has 0 aliphatic carbocycles. The highest BCUT2D eigenvalue weighted by molar-refractivity contribution is 6.31. The van der Waals surface area contributed by atoms with E-state index in [1.807, 2.05) is 25.1 Å². The standard InChI is InChI=1S/C17H17ClN4O/c1-2-13(11-5-7-19-8-6-11)22-17(23)10-16-20-14-4-3-12(18)9-15(14)21-16/h3-9,13H,2,10H2,1H3,(H,20,21)(H,22,23)/t13-/m0/s1. The van der Waals surface area contributed by atoms with Crippen LogP contribution in [-0.2, 0) is 11.2 Å². The molecule has 118 valence electrons. The Kier molecular flexibility index (Phi) is 4.57. The predicted molar refractivity (Wildman–Crippen MR) is 90.2 cm³/mol. The van der Waals surface area contributed by atoms with Gasteiger partial charge in [0.1, 0.15) is 5.82 Å². The van der Waals surface area contributed by atoms with Gasteiger partial charge < -0.3 is 10.3 Å². The molecule has 0 bridgehead atoms. The Labute approximate surface area is 139 Å². The summed E-state index contributed by atoms with van der Waals surface area (Å²) in [6.07, 6.45) is 4.47. The van der Waals surface area contributed by atoms with Crippen LogP contribution in [0.2, 0.25) is 5.02 Å². The number of carbonyl (C=O) groups excluding carboxylic acids is 1. The second-order valence-electron chi connectivity index (χ2n) is 5.33. The minimum absolute atomic E-state index is 0.0238. The number of imidazole rings is 1. The van der Waals surface area contributed by atoms with E-state index in [9.17, 15) is 4.79 Å². The van der Waals surface area contributed by atoms with Gasteiger partial charge in [0.2, 0.25) is 5.91 Å². The summed E-state index contributed by atoms with van der Waals surface area (Å²) < 4.78 is 0. The summed E-state index contributed by atoms with van der Waals surface area (Å²) in [5, 5.41) is 3.67. The molecular formula is C17H17ClN4O. The molecule has 0 aliphatic heterocycles. The summed E-state index contributed by atoms with van der Waals surface area (Å²) in [6.45, 7) is 2.04. The Bertz CT molecular complexity index is 816. The molecule has 2 aromatic heterocycles. The van der Waals surface area contributed by atoms with Crippen molar-refractivity contribution in [3.63, 3.8) is 0 Å². The molecule has 0 unspecified atom stereocenters. The molecule has 0 aliphatic rings. The van der Waals surface area contributed by atoms with Crippen molar-refractivity contribution in [1.29, 1.82) is 0 Å². The number of aromatic nitrogens is 3. The van der Waals surface area contributed by atoms with E-state index in [-0.39, 0.29) is 18.4 Å². The Balaban J connectivity index is 1.70. The first-order valence-corrected chi connectivity index (χ1v) is 7.87. The van der Waals surface area contributed by atoms with Crippen LogP contribution in [0, 0.1) is 0 Å². The molecule has 23 heavy (non-hydrogen) atoms. The number of rotatable bonds is 5. The van der Waals surface area contributed by atoms with E-state index in [0.29, 0.717) is 10.8 Å². The van der Waals surface area contributed by atoms with Crippen molar-refractivity contribution in [1.82, 2.24) is 20.3 Å². The van der Waals surface area contributed by atoms with Crippen LogP contribution < -0.4 is 5.32 Å². The van der Waals surface area contributed by atoms with E-state index in [0.717, 1.165) is 23.0 Å². The second kappa shape index (κ2) is 6.79. The van der Waals surface area contributed by atoms with Crippen molar-refractivity contribution in [2.45, 2.75) is 25.8 Å². The maximum absolute atomic E-state index is 12.3. The zero-order valence-corrected chi connectivity index (χ0v) is 13.5. The van der Waals surface area contributed by atoms with Gasteiger partial charge in [-0.25, -0.2) is 4.98 Å². The summed E-state index contributed by atoms with van der Waals surface area (Å²) in [5.74, 6) is 0.558. The molecule has 1 amide bonds. The number of benzene rings is 1. The quantitative estimate of drug-likeness (QED) is 0.754. The van der Waals surface area contributed by atoms with Crippen molar-refractivity contribution in [2.75, 3.05) is 0 Å². The SMILES string of the molecule is CC[C@H](NC(=O)Cc1nc2ccc(Cl)cc2[nH]1)c1ccncc1. The lowest BCUT2D eigenvalue weighted by Gasteiger charge is -2.16. The van der Waals surface area contributed by atoms with E-state index < -0.39 is 0 Å². The number of aromatic amines is 1. The molecule has 2 heterocycles. The summed E-state index contributed by atoms with van der Waals surface area (Å²) in [5.41, 5.74) is 2.69. The largest absolute Gasteiger partial charge is 0.349 e. The van der Waals surface area contributed by atoms with Gasteiger partial charge in [-0.2, -0.15) is 0 Å². The number of H-pyrrole nitrogens is 1. The van der Waals surface area contributed by atoms with Crippen molar-refractivity contribution < 1.29 is 4.79 Å². The lowest BCUT2D eigenvalue weighted by atomic mass is 10.1. The molecule has 3 aromatic rings. The zero-order valence-electron chi connectivity index (χ0n) is 12.7. The first-order chi connectivity index (χ1) is 11.2. The van der Waals surface area contributed by atoms with Crippen molar-refractivity contribution in [3.8, 4) is 0 Å². The number of nitrogens with zero attached hydrogens (tertiary/aromatic N) is 2. The lowest BCUT2D eigenvalue weighted by molar-refractivity contribution is -0.121. The lowest BCUT2D eigenvalue weighted by Crippen LogP contribution is -2.29. The fourth-order valence-corrected chi connectivity index (χ4v) is 2.70. The van der Waals surface area contributed by atoms with Crippen LogP contribution in [-0.4, -0.2) is 20.9 Å². The molecule has 6 heteroatoms. The fraction of sp³-hybridized carbons (Fsp3) is 0.235. The number of fused-ring (bicyclic) bond motifs is 1. The van der Waals surface area contributed by atoms with Crippen LogP contribution >= 0.6 is 11.6 Å². The minimum atomic E-state index is -0.0705. The molecule has 0 saturated carbocycles. The molecule has 0 radical (unpaired) electrons. The molecule has 1 aromatic carbocycles. The third-order valence-corrected chi connectivity index (χ3v) is 3.91. The van der Waals surface area contributed by atoms with Gasteiger partial charge in [-0.15, -0.1) is 0 Å². The second-order valence-corrected chi connectivity index (χ2v) is 5.77. The van der Waals surface area contributed by atoms with E-state index >= 15 is 0 Å². The number of amides is 1. The highest BCUT2D eigenvalue weighted by Crippen LogP contribution is 2.18. The average Bonchev–Trinajstić information content (AvgIpc) is 2.94. The summed E-state index contributed by atoms with van der Waals surface area (Å²) >= 11 is 5.96. The molecule has 1 atom stereocenters. The minimum Gasteiger partial charge on any atom is -0.349 e. The summed E-state index contributed by atoms with van der Waals surface area (Å²) in [7, 11) is 0. The maximum atomic E-state index is 12.3. The third-order valence-electron chi connectivity index (χ3n) is 3.67. The van der Waals surface area contributed by atoms with E-state index in [2.05, 4.69) is 20.3 Å². The normalized spacial score (nSPS) is 12.3. The van der Waals surface area contributed by atoms with Gasteiger partial charge in [0.25, 0.3) is 0 Å². The number of pyridine rings is 1. The highest BCUT2D eigenvalue weighted by Gasteiger charge is 2.14. The van der Waals surface area contributed by atoms with Gasteiger partial charge in [0.15, 0.2) is 0 Å². The fourth-order valence-electron chi connectivity index (χ4n) is 2.53. The van der Waals surface area contributed by atoms with Gasteiger partial charge in [0, 0.05) is 17.4 Å². The molecule has 0 fully saturated rings. The van der Waals surface area contributed by atoms with E-state index in [4.69, 9.17) is 11.6 Å². The maximum Gasteiger partial charge on any atom is 0.228 e. The highest BCUT2D eigenvalue weighted by atomic mass is 35.5. The van der Waals surface area contributed by atoms with Crippen LogP contribution in [0.4, 0.5) is 0 Å². The molecule has 0 spiro atoms. The Morgan fingerprint density at radius 1 is 1.30 bits per heavy atom. The van der Waals surface area contributed by atoms with Crippen molar-refractivity contribution in [2.24, 2.45) is 0 Å². The van der Waals surface area contributed by atoms with Gasteiger partial charge in [-0.05, 0) is 42.3 Å². The van der Waals surface area contributed by atoms with Crippen LogP contribution in [0.5, 0.6) is 0 Å². The Hall–Kier alpha value is -2.40. The zero-order chi connectivity index (χ0) is 16.2. The van der Waals surface area contributed by atoms with Gasteiger partial charge in [0.05, 0.1) is 23.5 Å². The first kappa shape index (κ1) is 15.5. The Morgan fingerprint density at radius 3 is 2.83 bits per heavy atom. The van der Waals surface area contributed by atoms with Gasteiger partial charge >= 0.3 is 0 Å². The van der Waals surface area contributed by atoms with E-state index in [1.165, 1.54) is 0 Å². The number of hydrogen-bond donors (Lipinski definition) is 2. The number of carbonyl (C=O) groups is 1. The Morgan fingerprint density at radius 2 is 2.09 bits per heavy atom. The monoisotopic (exact) mass is 328 g/mol. The number of hydrogen-bond acceptors (Lipinski definition) is 3. The van der Waals surface area contributed by atoms with Crippen LogP contribution in [0.25, 0.3) is 11.0 Å². The number of halogens is 1. The molecule has 3 rings (SSSR count). The van der Waals surface area contributed by atoms with Crippen molar-refractivity contribution in [3.05, 3.63) is 59.1 Å². The van der Waals surface area contributed by atoms with Crippen LogP contribution in [0.1, 0.15) is 30.8 Å². The molecule has 2 N–H and O–H groups in total. The van der Waals surface area contributed by atoms with Crippen LogP contribution in [0.3, 0.4) is 0 Å². The summed E-state index contributed by atoms with van der Waals surface area (Å²) in [6, 6.07) is 9.23. The topological polar surface area (TPSA) is 70.7 Å². The third kappa shape index (κ3) is 3.68. The smallest absolute Gasteiger partial charge is 0.228 e. The van der Waals surface area contributed by atoms with Gasteiger partial charge in [-0.3, -0.25) is 9.78 Å². The van der Waals surface area contributed by atoms with Gasteiger partial charge in [-0.1, -0.05) is 18.5 Å². The van der Waals surface area contributed by atoms with Crippen LogP contribution in [0.15, 0.2) is 42.7 Å². The van der Waals surface area contributed by atoms with E-state index in [1.54, 1.807) is 24.5 Å². The predicted octanol–water partition coefficient (Wildman–Crippen LogP) is 3.42.